The predicted molar refractivity (Wildman–Crippen MR) is 102 cm³/mol. The van der Waals surface area contributed by atoms with Crippen LogP contribution in [0.2, 0.25) is 0 Å². The van der Waals surface area contributed by atoms with E-state index in [0.717, 1.165) is 45.1 Å². The molecule has 2 heterocycles. The second-order valence-electron chi connectivity index (χ2n) is 7.48. The molecule has 1 atom stereocenters. The minimum absolute atomic E-state index is 0.138. The molecule has 26 heavy (non-hydrogen) atoms. The zero-order chi connectivity index (χ0) is 18.5. The fourth-order valence-electron chi connectivity index (χ4n) is 3.66. The largest absolute Gasteiger partial charge is 0.394 e. The van der Waals surface area contributed by atoms with Crippen molar-refractivity contribution in [3.63, 3.8) is 0 Å². The minimum atomic E-state index is 0.138. The van der Waals surface area contributed by atoms with Gasteiger partial charge in [0.1, 0.15) is 0 Å². The SMILES string of the molecule is CN(C)C(=O)[C@H]1CC[C@H](Nc2ncc(N)c(N[C@@H]3CCCOC3)n2)CC1. The molecule has 1 aliphatic carbocycles. The summed E-state index contributed by atoms with van der Waals surface area (Å²) in [4.78, 5) is 22.6. The predicted octanol–water partition coefficient (Wildman–Crippen LogP) is 1.71. The number of nitrogens with two attached hydrogens (primary N) is 1. The quantitative estimate of drug-likeness (QED) is 0.732. The average molecular weight is 362 g/mol. The highest BCUT2D eigenvalue weighted by atomic mass is 16.5. The summed E-state index contributed by atoms with van der Waals surface area (Å²) in [6, 6.07) is 0.525. The Kier molecular flexibility index (Phi) is 6.13. The summed E-state index contributed by atoms with van der Waals surface area (Å²) in [7, 11) is 3.64. The number of ether oxygens (including phenoxy) is 1. The van der Waals surface area contributed by atoms with E-state index in [1.165, 1.54) is 0 Å². The summed E-state index contributed by atoms with van der Waals surface area (Å²) in [6.07, 6.45) is 7.41. The van der Waals surface area contributed by atoms with E-state index >= 15 is 0 Å². The molecule has 1 aromatic rings. The lowest BCUT2D eigenvalue weighted by molar-refractivity contribution is -0.133. The average Bonchev–Trinajstić information content (AvgIpc) is 2.65. The maximum Gasteiger partial charge on any atom is 0.225 e. The third-order valence-corrected chi connectivity index (χ3v) is 5.17. The number of anilines is 3. The summed E-state index contributed by atoms with van der Waals surface area (Å²) >= 11 is 0. The lowest BCUT2D eigenvalue weighted by Gasteiger charge is -2.30. The maximum atomic E-state index is 12.1. The third kappa shape index (κ3) is 4.75. The van der Waals surface area contributed by atoms with Crippen LogP contribution in [0.15, 0.2) is 6.20 Å². The van der Waals surface area contributed by atoms with E-state index in [0.29, 0.717) is 24.1 Å². The molecule has 1 amide bonds. The Labute approximate surface area is 154 Å². The Morgan fingerprint density at radius 3 is 2.62 bits per heavy atom. The molecule has 1 aliphatic heterocycles. The van der Waals surface area contributed by atoms with Gasteiger partial charge in [-0.15, -0.1) is 0 Å². The van der Waals surface area contributed by atoms with Gasteiger partial charge in [-0.2, -0.15) is 4.98 Å². The molecule has 144 valence electrons. The van der Waals surface area contributed by atoms with Crippen LogP contribution in [0.25, 0.3) is 0 Å². The Balaban J connectivity index is 1.55. The van der Waals surface area contributed by atoms with Crippen LogP contribution in [-0.2, 0) is 9.53 Å². The highest BCUT2D eigenvalue weighted by Crippen LogP contribution is 2.28. The smallest absolute Gasteiger partial charge is 0.225 e. The van der Waals surface area contributed by atoms with Crippen LogP contribution in [0.3, 0.4) is 0 Å². The van der Waals surface area contributed by atoms with Crippen molar-refractivity contribution < 1.29 is 9.53 Å². The summed E-state index contributed by atoms with van der Waals surface area (Å²) < 4.78 is 5.50. The monoisotopic (exact) mass is 362 g/mol. The van der Waals surface area contributed by atoms with Gasteiger partial charge in [-0.3, -0.25) is 4.79 Å². The van der Waals surface area contributed by atoms with Gasteiger partial charge in [-0.25, -0.2) is 4.98 Å². The second kappa shape index (κ2) is 8.53. The number of amides is 1. The van der Waals surface area contributed by atoms with Gasteiger partial charge in [-0.1, -0.05) is 0 Å². The zero-order valence-corrected chi connectivity index (χ0v) is 15.7. The lowest BCUT2D eigenvalue weighted by atomic mass is 9.85. The van der Waals surface area contributed by atoms with Crippen LogP contribution in [0, 0.1) is 5.92 Å². The first kappa shape index (κ1) is 18.7. The number of hydrogen-bond acceptors (Lipinski definition) is 7. The molecule has 0 unspecified atom stereocenters. The van der Waals surface area contributed by atoms with Gasteiger partial charge in [0.25, 0.3) is 0 Å². The van der Waals surface area contributed by atoms with Gasteiger partial charge < -0.3 is 26.0 Å². The number of hydrogen-bond donors (Lipinski definition) is 3. The van der Waals surface area contributed by atoms with Crippen molar-refractivity contribution in [2.24, 2.45) is 5.92 Å². The number of carbonyl (C=O) groups excluding carboxylic acids is 1. The van der Waals surface area contributed by atoms with E-state index < -0.39 is 0 Å². The molecule has 1 aromatic heterocycles. The van der Waals surface area contributed by atoms with Crippen molar-refractivity contribution in [3.05, 3.63) is 6.20 Å². The molecular formula is C18H30N6O2. The van der Waals surface area contributed by atoms with Gasteiger partial charge in [0.2, 0.25) is 11.9 Å². The topological polar surface area (TPSA) is 105 Å². The molecule has 0 spiro atoms. The third-order valence-electron chi connectivity index (χ3n) is 5.17. The highest BCUT2D eigenvalue weighted by molar-refractivity contribution is 5.78. The Morgan fingerprint density at radius 1 is 1.19 bits per heavy atom. The molecule has 0 bridgehead atoms. The molecular weight excluding hydrogens is 332 g/mol. The Bertz CT molecular complexity index is 610. The highest BCUT2D eigenvalue weighted by Gasteiger charge is 2.27. The number of rotatable bonds is 5. The summed E-state index contributed by atoms with van der Waals surface area (Å²) in [5.74, 6) is 1.61. The van der Waals surface area contributed by atoms with E-state index in [4.69, 9.17) is 10.5 Å². The first-order valence-electron chi connectivity index (χ1n) is 9.47. The molecule has 1 saturated heterocycles. The van der Waals surface area contributed by atoms with Crippen molar-refractivity contribution in [2.45, 2.75) is 50.6 Å². The molecule has 8 nitrogen and oxygen atoms in total. The van der Waals surface area contributed by atoms with Crippen molar-refractivity contribution in [1.82, 2.24) is 14.9 Å². The Morgan fingerprint density at radius 2 is 1.96 bits per heavy atom. The molecule has 0 aromatic carbocycles. The van der Waals surface area contributed by atoms with Gasteiger partial charge in [0.05, 0.1) is 24.5 Å². The van der Waals surface area contributed by atoms with Crippen LogP contribution in [0.4, 0.5) is 17.5 Å². The maximum absolute atomic E-state index is 12.1. The first-order valence-corrected chi connectivity index (χ1v) is 9.47. The van der Waals surface area contributed by atoms with E-state index in [2.05, 4.69) is 20.6 Å². The zero-order valence-electron chi connectivity index (χ0n) is 15.7. The summed E-state index contributed by atoms with van der Waals surface area (Å²) in [6.45, 7) is 1.50. The molecule has 4 N–H and O–H groups in total. The van der Waals surface area contributed by atoms with Crippen LogP contribution in [0.1, 0.15) is 38.5 Å². The number of nitrogen functional groups attached to an aromatic ring is 1. The minimum Gasteiger partial charge on any atom is -0.394 e. The second-order valence-corrected chi connectivity index (χ2v) is 7.48. The lowest BCUT2D eigenvalue weighted by Crippen LogP contribution is -2.35. The van der Waals surface area contributed by atoms with Crippen molar-refractivity contribution >= 4 is 23.4 Å². The standard InChI is InChI=1S/C18H30N6O2/c1-24(2)17(25)12-5-7-13(8-6-12)22-18-20-10-15(19)16(23-18)21-14-4-3-9-26-11-14/h10,12-14H,3-9,11,19H2,1-2H3,(H2,20,21,22,23)/t12-,13-,14-/m1/s1. The van der Waals surface area contributed by atoms with Gasteiger partial charge in [0, 0.05) is 32.7 Å². The normalized spacial score (nSPS) is 26.2. The summed E-state index contributed by atoms with van der Waals surface area (Å²) in [5, 5.41) is 6.77. The van der Waals surface area contributed by atoms with Crippen molar-refractivity contribution in [1.29, 1.82) is 0 Å². The Hall–Kier alpha value is -2.09. The van der Waals surface area contributed by atoms with Crippen LogP contribution in [0.5, 0.6) is 0 Å². The number of carbonyl (C=O) groups is 1. The van der Waals surface area contributed by atoms with Gasteiger partial charge in [-0.05, 0) is 38.5 Å². The molecule has 2 fully saturated rings. The number of nitrogens with zero attached hydrogens (tertiary/aromatic N) is 3. The van der Waals surface area contributed by atoms with Crippen LogP contribution in [-0.4, -0.2) is 60.2 Å². The first-order chi connectivity index (χ1) is 12.5. The fourth-order valence-corrected chi connectivity index (χ4v) is 3.66. The van der Waals surface area contributed by atoms with E-state index in [1.54, 1.807) is 11.1 Å². The number of nitrogens with one attached hydrogen (secondary N) is 2. The van der Waals surface area contributed by atoms with E-state index in [-0.39, 0.29) is 23.9 Å². The van der Waals surface area contributed by atoms with Crippen LogP contribution >= 0.6 is 0 Å². The molecule has 2 aliphatic rings. The van der Waals surface area contributed by atoms with Gasteiger partial charge >= 0.3 is 0 Å². The molecule has 8 heteroatoms. The summed E-state index contributed by atoms with van der Waals surface area (Å²) in [5.41, 5.74) is 6.56. The molecule has 0 radical (unpaired) electrons. The van der Waals surface area contributed by atoms with E-state index in [1.807, 2.05) is 14.1 Å². The molecule has 3 rings (SSSR count). The van der Waals surface area contributed by atoms with Gasteiger partial charge in [0.15, 0.2) is 5.82 Å². The fraction of sp³-hybridized carbons (Fsp3) is 0.722. The van der Waals surface area contributed by atoms with Crippen molar-refractivity contribution in [2.75, 3.05) is 43.7 Å². The molecule has 1 saturated carbocycles. The van der Waals surface area contributed by atoms with Crippen molar-refractivity contribution in [3.8, 4) is 0 Å². The van der Waals surface area contributed by atoms with E-state index in [9.17, 15) is 4.79 Å². The van der Waals surface area contributed by atoms with Crippen LogP contribution < -0.4 is 16.4 Å². The number of aromatic nitrogens is 2.